The molecule has 0 spiro atoms. The number of hydrogen-bond donors (Lipinski definition) is 2. The Morgan fingerprint density at radius 1 is 1.15 bits per heavy atom. The number of rotatable bonds is 7. The Morgan fingerprint density at radius 3 is 2.73 bits per heavy atom. The van der Waals surface area contributed by atoms with E-state index in [0.717, 1.165) is 16.0 Å². The molecule has 26 heavy (non-hydrogen) atoms. The molecule has 3 aromatic rings. The number of aromatic nitrogens is 1. The molecule has 0 aliphatic carbocycles. The van der Waals surface area contributed by atoms with Gasteiger partial charge in [0.15, 0.2) is 0 Å². The van der Waals surface area contributed by atoms with Gasteiger partial charge in [-0.1, -0.05) is 42.5 Å². The number of carbonyl (C=O) groups is 1. The van der Waals surface area contributed by atoms with Gasteiger partial charge in [0.1, 0.15) is 0 Å². The van der Waals surface area contributed by atoms with Crippen LogP contribution >= 0.6 is 11.3 Å². The third-order valence-electron chi connectivity index (χ3n) is 3.81. The molecule has 0 saturated heterocycles. The predicted molar refractivity (Wildman–Crippen MR) is 103 cm³/mol. The van der Waals surface area contributed by atoms with Crippen LogP contribution in [0.5, 0.6) is 5.88 Å². The van der Waals surface area contributed by atoms with Crippen molar-refractivity contribution >= 4 is 17.4 Å². The molecule has 2 heterocycles. The van der Waals surface area contributed by atoms with E-state index in [1.54, 1.807) is 17.5 Å². The number of pyridine rings is 1. The van der Waals surface area contributed by atoms with Crippen molar-refractivity contribution in [3.63, 3.8) is 0 Å². The summed E-state index contributed by atoms with van der Waals surface area (Å²) in [5.41, 5.74) is 1.89. The van der Waals surface area contributed by atoms with Crippen LogP contribution in [0.15, 0.2) is 66.2 Å². The van der Waals surface area contributed by atoms with Crippen molar-refractivity contribution in [2.45, 2.75) is 19.5 Å². The molecular weight excluding hydrogens is 346 g/mol. The van der Waals surface area contributed by atoms with E-state index >= 15 is 0 Å². The van der Waals surface area contributed by atoms with Gasteiger partial charge in [0.05, 0.1) is 12.6 Å². The van der Waals surface area contributed by atoms with Crippen LogP contribution in [0.25, 0.3) is 0 Å². The molecule has 0 bridgehead atoms. The highest BCUT2D eigenvalue weighted by atomic mass is 32.1. The van der Waals surface area contributed by atoms with E-state index in [4.69, 9.17) is 4.74 Å². The maximum Gasteiger partial charge on any atom is 0.315 e. The topological polar surface area (TPSA) is 63.2 Å². The van der Waals surface area contributed by atoms with Crippen molar-refractivity contribution in [3.05, 3.63) is 82.2 Å². The fourth-order valence-corrected chi connectivity index (χ4v) is 3.41. The zero-order chi connectivity index (χ0) is 18.2. The Bertz CT molecular complexity index is 822. The van der Waals surface area contributed by atoms with Crippen molar-refractivity contribution in [2.75, 3.05) is 6.61 Å². The Balaban J connectivity index is 1.67. The average Bonchev–Trinajstić information content (AvgIpc) is 3.21. The lowest BCUT2D eigenvalue weighted by Gasteiger charge is -2.19. The Hall–Kier alpha value is -2.86. The number of amides is 2. The average molecular weight is 367 g/mol. The second-order valence-corrected chi connectivity index (χ2v) is 6.57. The van der Waals surface area contributed by atoms with Crippen LogP contribution in [0.4, 0.5) is 4.79 Å². The van der Waals surface area contributed by atoms with Gasteiger partial charge < -0.3 is 15.4 Å². The zero-order valence-corrected chi connectivity index (χ0v) is 15.3. The fraction of sp³-hybridized carbons (Fsp3) is 0.200. The van der Waals surface area contributed by atoms with Crippen molar-refractivity contribution in [2.24, 2.45) is 0 Å². The molecule has 134 valence electrons. The van der Waals surface area contributed by atoms with E-state index in [0.29, 0.717) is 19.0 Å². The van der Waals surface area contributed by atoms with Gasteiger partial charge in [-0.2, -0.15) is 0 Å². The van der Waals surface area contributed by atoms with Gasteiger partial charge in [-0.05, 0) is 30.0 Å². The quantitative estimate of drug-likeness (QED) is 0.660. The lowest BCUT2D eigenvalue weighted by molar-refractivity contribution is 0.238. The molecule has 0 fully saturated rings. The fourth-order valence-electron chi connectivity index (χ4n) is 2.60. The second-order valence-electron chi connectivity index (χ2n) is 5.59. The molecule has 3 rings (SSSR count). The Morgan fingerprint density at radius 2 is 2.00 bits per heavy atom. The van der Waals surface area contributed by atoms with E-state index in [9.17, 15) is 4.79 Å². The number of thiophene rings is 1. The van der Waals surface area contributed by atoms with E-state index < -0.39 is 0 Å². The summed E-state index contributed by atoms with van der Waals surface area (Å²) in [4.78, 5) is 17.8. The number of nitrogens with zero attached hydrogens (tertiary/aromatic N) is 1. The molecule has 2 N–H and O–H groups in total. The van der Waals surface area contributed by atoms with Crippen molar-refractivity contribution in [1.29, 1.82) is 0 Å². The predicted octanol–water partition coefficient (Wildman–Crippen LogP) is 4.13. The third kappa shape index (κ3) is 4.61. The van der Waals surface area contributed by atoms with Crippen molar-refractivity contribution in [1.82, 2.24) is 15.6 Å². The standard InChI is InChI=1S/C20H21N3O2S/c1-2-25-19-16(10-6-12-21-19)14-22-20(24)23-18(17-11-7-13-26-17)15-8-4-3-5-9-15/h3-13,18H,2,14H2,1H3,(H2,22,23,24)/t18-/m1/s1. The first kappa shape index (κ1) is 17.9. The first-order valence-electron chi connectivity index (χ1n) is 8.47. The number of benzene rings is 1. The van der Waals surface area contributed by atoms with Gasteiger partial charge in [0, 0.05) is 23.2 Å². The molecule has 5 nitrogen and oxygen atoms in total. The number of hydrogen-bond acceptors (Lipinski definition) is 4. The zero-order valence-electron chi connectivity index (χ0n) is 14.5. The van der Waals surface area contributed by atoms with Gasteiger partial charge in [0.2, 0.25) is 5.88 Å². The first-order valence-corrected chi connectivity index (χ1v) is 9.35. The maximum absolute atomic E-state index is 12.5. The van der Waals surface area contributed by atoms with Crippen LogP contribution in [0.1, 0.15) is 29.0 Å². The van der Waals surface area contributed by atoms with Crippen LogP contribution < -0.4 is 15.4 Å². The summed E-state index contributed by atoms with van der Waals surface area (Å²) in [7, 11) is 0. The minimum Gasteiger partial charge on any atom is -0.478 e. The normalized spacial score (nSPS) is 11.6. The summed E-state index contributed by atoms with van der Waals surface area (Å²) >= 11 is 1.62. The minimum atomic E-state index is -0.237. The molecule has 0 saturated carbocycles. The highest BCUT2D eigenvalue weighted by Gasteiger charge is 2.17. The summed E-state index contributed by atoms with van der Waals surface area (Å²) in [6.07, 6.45) is 1.68. The van der Waals surface area contributed by atoms with Crippen LogP contribution in [0.2, 0.25) is 0 Å². The summed E-state index contributed by atoms with van der Waals surface area (Å²) in [5.74, 6) is 0.549. The minimum absolute atomic E-state index is 0.184. The second kappa shape index (κ2) is 9.01. The molecule has 1 aromatic carbocycles. The van der Waals surface area contributed by atoms with Crippen molar-refractivity contribution in [3.8, 4) is 5.88 Å². The molecule has 2 amide bonds. The van der Waals surface area contributed by atoms with Crippen LogP contribution in [-0.2, 0) is 6.54 Å². The van der Waals surface area contributed by atoms with Gasteiger partial charge in [-0.15, -0.1) is 11.3 Å². The largest absolute Gasteiger partial charge is 0.478 e. The lowest BCUT2D eigenvalue weighted by atomic mass is 10.1. The number of nitrogens with one attached hydrogen (secondary N) is 2. The van der Waals surface area contributed by atoms with E-state index in [-0.39, 0.29) is 12.1 Å². The number of urea groups is 1. The Kier molecular flexibility index (Phi) is 6.22. The highest BCUT2D eigenvalue weighted by molar-refractivity contribution is 7.10. The van der Waals surface area contributed by atoms with Crippen molar-refractivity contribution < 1.29 is 9.53 Å². The molecule has 0 aliphatic heterocycles. The van der Waals surface area contributed by atoms with Crippen LogP contribution in [0.3, 0.4) is 0 Å². The van der Waals surface area contributed by atoms with Gasteiger partial charge >= 0.3 is 6.03 Å². The SMILES string of the molecule is CCOc1ncccc1CNC(=O)N[C@H](c1ccccc1)c1cccs1. The van der Waals surface area contributed by atoms with Crippen LogP contribution in [-0.4, -0.2) is 17.6 Å². The smallest absolute Gasteiger partial charge is 0.315 e. The maximum atomic E-state index is 12.5. The molecule has 0 radical (unpaired) electrons. The Labute approximate surface area is 157 Å². The van der Waals surface area contributed by atoms with E-state index in [1.807, 2.05) is 66.9 Å². The molecule has 0 aliphatic rings. The summed E-state index contributed by atoms with van der Waals surface area (Å²) in [6.45, 7) is 2.79. The molecule has 0 unspecified atom stereocenters. The van der Waals surface area contributed by atoms with Gasteiger partial charge in [-0.25, -0.2) is 9.78 Å². The van der Waals surface area contributed by atoms with E-state index in [1.165, 1.54) is 0 Å². The van der Waals surface area contributed by atoms with E-state index in [2.05, 4.69) is 15.6 Å². The monoisotopic (exact) mass is 367 g/mol. The first-order chi connectivity index (χ1) is 12.8. The van der Waals surface area contributed by atoms with Gasteiger partial charge in [0.25, 0.3) is 0 Å². The number of carbonyl (C=O) groups excluding carboxylic acids is 1. The lowest BCUT2D eigenvalue weighted by Crippen LogP contribution is -2.37. The molecule has 1 atom stereocenters. The third-order valence-corrected chi connectivity index (χ3v) is 4.74. The molecule has 2 aromatic heterocycles. The van der Waals surface area contributed by atoms with Crippen LogP contribution in [0, 0.1) is 0 Å². The molecule has 6 heteroatoms. The number of ether oxygens (including phenoxy) is 1. The molecular formula is C20H21N3O2S. The highest BCUT2D eigenvalue weighted by Crippen LogP contribution is 2.25. The summed E-state index contributed by atoms with van der Waals surface area (Å²) < 4.78 is 5.50. The summed E-state index contributed by atoms with van der Waals surface area (Å²) in [5, 5.41) is 7.96. The van der Waals surface area contributed by atoms with Gasteiger partial charge in [-0.3, -0.25) is 0 Å². The summed E-state index contributed by atoms with van der Waals surface area (Å²) in [6, 6.07) is 17.2.